The third kappa shape index (κ3) is 2.58. The lowest BCUT2D eigenvalue weighted by Gasteiger charge is -2.48. The Balaban J connectivity index is 1.58. The van der Waals surface area contributed by atoms with Crippen molar-refractivity contribution in [2.24, 2.45) is 11.8 Å². The summed E-state index contributed by atoms with van der Waals surface area (Å²) in [7, 11) is -3.22. The van der Waals surface area contributed by atoms with Gasteiger partial charge >= 0.3 is 0 Å². The van der Waals surface area contributed by atoms with Gasteiger partial charge in [-0.2, -0.15) is 0 Å². The number of carbonyl (C=O) groups is 1. The van der Waals surface area contributed by atoms with Crippen molar-refractivity contribution in [1.29, 1.82) is 0 Å². The molecule has 3 aliphatic rings. The highest BCUT2D eigenvalue weighted by molar-refractivity contribution is 7.88. The summed E-state index contributed by atoms with van der Waals surface area (Å²) in [6.07, 6.45) is 4.77. The standard InChI is InChI=1S/C13H22N2O4S/c1-20(18,19)15-6-2-3-10(7-15)12(16)14-8-13(17,9-14)11-4-5-11/h10-11,17H,2-9H2,1H3. The monoisotopic (exact) mass is 302 g/mol. The first-order chi connectivity index (χ1) is 9.29. The maximum atomic E-state index is 12.4. The van der Waals surface area contributed by atoms with Gasteiger partial charge in [0.1, 0.15) is 5.60 Å². The van der Waals surface area contributed by atoms with E-state index in [4.69, 9.17) is 0 Å². The van der Waals surface area contributed by atoms with E-state index in [9.17, 15) is 18.3 Å². The van der Waals surface area contributed by atoms with Crippen molar-refractivity contribution >= 4 is 15.9 Å². The van der Waals surface area contributed by atoms with E-state index in [2.05, 4.69) is 0 Å². The van der Waals surface area contributed by atoms with E-state index in [-0.39, 0.29) is 18.4 Å². The molecule has 3 fully saturated rings. The molecule has 2 saturated heterocycles. The predicted octanol–water partition coefficient (Wildman–Crippen LogP) is -0.359. The molecule has 1 aliphatic carbocycles. The zero-order valence-electron chi connectivity index (χ0n) is 11.8. The van der Waals surface area contributed by atoms with Gasteiger partial charge in [-0.1, -0.05) is 0 Å². The van der Waals surface area contributed by atoms with Crippen LogP contribution in [0.5, 0.6) is 0 Å². The first kappa shape index (κ1) is 14.3. The Morgan fingerprint density at radius 3 is 2.45 bits per heavy atom. The van der Waals surface area contributed by atoms with Crippen molar-refractivity contribution in [2.45, 2.75) is 31.3 Å². The molecule has 7 heteroatoms. The molecule has 0 aromatic carbocycles. The Kier molecular flexibility index (Phi) is 3.34. The lowest BCUT2D eigenvalue weighted by atomic mass is 9.86. The fourth-order valence-electron chi connectivity index (χ4n) is 3.35. The molecule has 3 rings (SSSR count). The van der Waals surface area contributed by atoms with Crippen LogP contribution in [-0.4, -0.2) is 66.7 Å². The summed E-state index contributed by atoms with van der Waals surface area (Å²) in [5.41, 5.74) is -0.666. The van der Waals surface area contributed by atoms with Gasteiger partial charge in [0.05, 0.1) is 25.3 Å². The highest BCUT2D eigenvalue weighted by Gasteiger charge is 2.54. The number of nitrogens with zero attached hydrogens (tertiary/aromatic N) is 2. The molecule has 2 heterocycles. The normalized spacial score (nSPS) is 30.9. The van der Waals surface area contributed by atoms with Crippen molar-refractivity contribution in [3.63, 3.8) is 0 Å². The van der Waals surface area contributed by atoms with Crippen LogP contribution in [0, 0.1) is 11.8 Å². The van der Waals surface area contributed by atoms with E-state index < -0.39 is 15.6 Å². The van der Waals surface area contributed by atoms with Gasteiger partial charge in [0, 0.05) is 13.1 Å². The second-order valence-corrected chi connectivity index (χ2v) is 8.51. The second-order valence-electron chi connectivity index (χ2n) is 6.53. The number of amides is 1. The molecule has 1 unspecified atom stereocenters. The first-order valence-corrected chi connectivity index (χ1v) is 9.11. The largest absolute Gasteiger partial charge is 0.386 e. The minimum absolute atomic E-state index is 0.00340. The quantitative estimate of drug-likeness (QED) is 0.772. The summed E-state index contributed by atoms with van der Waals surface area (Å²) in [6, 6.07) is 0. The third-order valence-corrected chi connectivity index (χ3v) is 6.05. The Morgan fingerprint density at radius 1 is 1.25 bits per heavy atom. The zero-order chi connectivity index (χ0) is 14.5. The van der Waals surface area contributed by atoms with E-state index in [1.54, 1.807) is 4.90 Å². The number of likely N-dealkylation sites (tertiary alicyclic amines) is 1. The van der Waals surface area contributed by atoms with E-state index in [1.165, 1.54) is 10.6 Å². The van der Waals surface area contributed by atoms with Gasteiger partial charge in [-0.3, -0.25) is 4.79 Å². The molecule has 0 spiro atoms. The Hall–Kier alpha value is -0.660. The topological polar surface area (TPSA) is 77.9 Å². The molecule has 0 aromatic rings. The predicted molar refractivity (Wildman–Crippen MR) is 73.4 cm³/mol. The van der Waals surface area contributed by atoms with E-state index in [0.29, 0.717) is 25.6 Å². The van der Waals surface area contributed by atoms with E-state index in [0.717, 1.165) is 25.7 Å². The van der Waals surface area contributed by atoms with Gasteiger partial charge in [0.15, 0.2) is 0 Å². The van der Waals surface area contributed by atoms with Crippen molar-refractivity contribution in [1.82, 2.24) is 9.21 Å². The van der Waals surface area contributed by atoms with Crippen molar-refractivity contribution in [2.75, 3.05) is 32.4 Å². The molecule has 0 aromatic heterocycles. The molecule has 1 amide bonds. The third-order valence-electron chi connectivity index (χ3n) is 4.78. The SMILES string of the molecule is CS(=O)(=O)N1CCCC(C(=O)N2CC(O)(C3CC3)C2)C1. The van der Waals surface area contributed by atoms with Crippen LogP contribution in [0.2, 0.25) is 0 Å². The number of carbonyl (C=O) groups excluding carboxylic acids is 1. The molecule has 2 aliphatic heterocycles. The zero-order valence-corrected chi connectivity index (χ0v) is 12.6. The molecule has 20 heavy (non-hydrogen) atoms. The molecule has 1 atom stereocenters. The van der Waals surface area contributed by atoms with E-state index >= 15 is 0 Å². The van der Waals surface area contributed by atoms with Gasteiger partial charge in [0.25, 0.3) is 0 Å². The van der Waals surface area contributed by atoms with Gasteiger partial charge < -0.3 is 10.0 Å². The van der Waals surface area contributed by atoms with Gasteiger partial charge in [-0.15, -0.1) is 0 Å². The van der Waals surface area contributed by atoms with Crippen LogP contribution in [0.25, 0.3) is 0 Å². The molecule has 1 saturated carbocycles. The van der Waals surface area contributed by atoms with Crippen molar-refractivity contribution in [3.8, 4) is 0 Å². The van der Waals surface area contributed by atoms with Gasteiger partial charge in [-0.25, -0.2) is 12.7 Å². The second kappa shape index (κ2) is 4.68. The van der Waals surface area contributed by atoms with Gasteiger partial charge in [-0.05, 0) is 31.6 Å². The van der Waals surface area contributed by atoms with Crippen LogP contribution in [-0.2, 0) is 14.8 Å². The van der Waals surface area contributed by atoms with Crippen LogP contribution < -0.4 is 0 Å². The van der Waals surface area contributed by atoms with Crippen LogP contribution in [0.15, 0.2) is 0 Å². The minimum Gasteiger partial charge on any atom is -0.386 e. The Morgan fingerprint density at radius 2 is 1.90 bits per heavy atom. The number of rotatable bonds is 3. The molecule has 114 valence electrons. The summed E-state index contributed by atoms with van der Waals surface area (Å²) in [5, 5.41) is 10.2. The van der Waals surface area contributed by atoms with Crippen LogP contribution in [0.3, 0.4) is 0 Å². The highest BCUT2D eigenvalue weighted by atomic mass is 32.2. The number of sulfonamides is 1. The highest BCUT2D eigenvalue weighted by Crippen LogP contribution is 2.45. The molecular formula is C13H22N2O4S. The van der Waals surface area contributed by atoms with E-state index in [1.807, 2.05) is 0 Å². The molecule has 1 N–H and O–H groups in total. The number of hydrogen-bond acceptors (Lipinski definition) is 4. The van der Waals surface area contributed by atoms with Crippen molar-refractivity contribution < 1.29 is 18.3 Å². The summed E-state index contributed by atoms with van der Waals surface area (Å²) in [4.78, 5) is 14.1. The summed E-state index contributed by atoms with van der Waals surface area (Å²) >= 11 is 0. The summed E-state index contributed by atoms with van der Waals surface area (Å²) < 4.78 is 24.5. The first-order valence-electron chi connectivity index (χ1n) is 7.26. The number of hydrogen-bond donors (Lipinski definition) is 1. The van der Waals surface area contributed by atoms with Crippen LogP contribution >= 0.6 is 0 Å². The number of aliphatic hydroxyl groups is 1. The maximum Gasteiger partial charge on any atom is 0.227 e. The van der Waals surface area contributed by atoms with Crippen LogP contribution in [0.1, 0.15) is 25.7 Å². The van der Waals surface area contributed by atoms with Gasteiger partial charge in [0.2, 0.25) is 15.9 Å². The lowest BCUT2D eigenvalue weighted by molar-refractivity contribution is -0.164. The Bertz CT molecular complexity index is 508. The molecule has 6 nitrogen and oxygen atoms in total. The fourth-order valence-corrected chi connectivity index (χ4v) is 4.26. The average molecular weight is 302 g/mol. The molecule has 0 radical (unpaired) electrons. The average Bonchev–Trinajstić information content (AvgIpc) is 3.18. The molecule has 0 bridgehead atoms. The maximum absolute atomic E-state index is 12.4. The minimum atomic E-state index is -3.22. The summed E-state index contributed by atoms with van der Waals surface area (Å²) in [6.45, 7) is 1.64. The molecular weight excluding hydrogens is 280 g/mol. The van der Waals surface area contributed by atoms with Crippen molar-refractivity contribution in [3.05, 3.63) is 0 Å². The smallest absolute Gasteiger partial charge is 0.227 e. The lowest BCUT2D eigenvalue weighted by Crippen LogP contribution is -2.66. The van der Waals surface area contributed by atoms with Crippen LogP contribution in [0.4, 0.5) is 0 Å². The number of piperidine rings is 1. The Labute approximate surface area is 119 Å². The number of β-amino-alcohol motifs (C(OH)–C–C–N with tert-alkyl or cyclic N) is 1. The summed E-state index contributed by atoms with van der Waals surface area (Å²) in [5.74, 6) is 0.122. The fraction of sp³-hybridized carbons (Fsp3) is 0.923.